The van der Waals surface area contributed by atoms with Gasteiger partial charge in [0.05, 0.1) is 18.2 Å². The van der Waals surface area contributed by atoms with E-state index in [-0.39, 0.29) is 11.9 Å². The van der Waals surface area contributed by atoms with E-state index in [1.165, 1.54) is 12.1 Å². The topological polar surface area (TPSA) is 63.4 Å². The van der Waals surface area contributed by atoms with Crippen LogP contribution in [0.5, 0.6) is 5.75 Å². The second-order valence-electron chi connectivity index (χ2n) is 7.98. The van der Waals surface area contributed by atoms with Gasteiger partial charge in [-0.3, -0.25) is 4.90 Å². The maximum atomic E-state index is 13.4. The van der Waals surface area contributed by atoms with Crippen LogP contribution < -0.4 is 15.0 Å². The molecule has 4 aromatic rings. The average Bonchev–Trinajstić information content (AvgIpc) is 3.35. The molecule has 0 saturated carbocycles. The molecule has 0 bridgehead atoms. The summed E-state index contributed by atoms with van der Waals surface area (Å²) in [6, 6.07) is 23.4. The third-order valence-electron chi connectivity index (χ3n) is 5.78. The van der Waals surface area contributed by atoms with Crippen LogP contribution in [0, 0.1) is 5.82 Å². The number of allylic oxidation sites excluding steroid dienone is 1. The molecule has 3 aromatic carbocycles. The van der Waals surface area contributed by atoms with Gasteiger partial charge in [0.25, 0.3) is 5.89 Å². The lowest BCUT2D eigenvalue weighted by molar-refractivity contribution is 0.340. The molecule has 1 aromatic heterocycles. The fourth-order valence-electron chi connectivity index (χ4n) is 4.13. The van der Waals surface area contributed by atoms with Crippen LogP contribution in [0.15, 0.2) is 89.1 Å². The number of ether oxygens (including phenoxy) is 1. The van der Waals surface area contributed by atoms with Crippen molar-refractivity contribution in [1.29, 1.82) is 0 Å². The van der Waals surface area contributed by atoms with Crippen LogP contribution in [0.3, 0.4) is 0 Å². The number of hydrogen-bond acceptors (Lipinski definition) is 5. The predicted molar refractivity (Wildman–Crippen MR) is 137 cm³/mol. The molecule has 2 heterocycles. The zero-order chi connectivity index (χ0) is 24.4. The zero-order valence-corrected chi connectivity index (χ0v) is 20.1. The molecule has 1 aliphatic heterocycles. The molecule has 6 nitrogen and oxygen atoms in total. The highest BCUT2D eigenvalue weighted by Gasteiger charge is 2.34. The van der Waals surface area contributed by atoms with Crippen LogP contribution in [0.4, 0.5) is 10.1 Å². The molecule has 0 fully saturated rings. The van der Waals surface area contributed by atoms with Crippen LogP contribution >= 0.6 is 12.2 Å². The van der Waals surface area contributed by atoms with Crippen molar-refractivity contribution in [2.24, 2.45) is 0 Å². The van der Waals surface area contributed by atoms with Gasteiger partial charge in [0.2, 0.25) is 5.82 Å². The third kappa shape index (κ3) is 4.52. The Kier molecular flexibility index (Phi) is 6.29. The van der Waals surface area contributed by atoms with Gasteiger partial charge in [0.15, 0.2) is 5.11 Å². The molecule has 0 spiro atoms. The highest BCUT2D eigenvalue weighted by atomic mass is 32.1. The summed E-state index contributed by atoms with van der Waals surface area (Å²) in [6.07, 6.45) is 0. The summed E-state index contributed by atoms with van der Waals surface area (Å²) >= 11 is 5.79. The number of anilines is 1. The van der Waals surface area contributed by atoms with Crippen molar-refractivity contribution in [2.45, 2.75) is 19.9 Å². The van der Waals surface area contributed by atoms with Gasteiger partial charge in [-0.25, -0.2) is 4.39 Å². The molecular weight excluding hydrogens is 463 g/mol. The van der Waals surface area contributed by atoms with Crippen LogP contribution in [0.25, 0.3) is 17.0 Å². The quantitative estimate of drug-likeness (QED) is 0.328. The van der Waals surface area contributed by atoms with E-state index < -0.39 is 0 Å². The first kappa shape index (κ1) is 22.7. The number of benzene rings is 3. The first-order valence-corrected chi connectivity index (χ1v) is 11.6. The summed E-state index contributed by atoms with van der Waals surface area (Å²) in [6.45, 7) is 4.53. The second-order valence-corrected chi connectivity index (χ2v) is 8.37. The molecule has 1 atom stereocenters. The van der Waals surface area contributed by atoms with E-state index in [1.54, 1.807) is 12.1 Å². The van der Waals surface area contributed by atoms with E-state index in [2.05, 4.69) is 15.5 Å². The van der Waals surface area contributed by atoms with Crippen molar-refractivity contribution in [1.82, 2.24) is 15.5 Å². The van der Waals surface area contributed by atoms with Gasteiger partial charge >= 0.3 is 0 Å². The Bertz CT molecular complexity index is 1370. The number of nitrogens with zero attached hydrogens (tertiary/aromatic N) is 3. The summed E-state index contributed by atoms with van der Waals surface area (Å²) in [7, 11) is 0. The molecule has 1 aliphatic rings. The van der Waals surface area contributed by atoms with Gasteiger partial charge in [-0.05, 0) is 80.2 Å². The average molecular weight is 487 g/mol. The van der Waals surface area contributed by atoms with Crippen molar-refractivity contribution >= 4 is 28.6 Å². The van der Waals surface area contributed by atoms with Gasteiger partial charge in [0.1, 0.15) is 11.6 Å². The van der Waals surface area contributed by atoms with Gasteiger partial charge in [0, 0.05) is 16.9 Å². The van der Waals surface area contributed by atoms with E-state index in [0.29, 0.717) is 29.0 Å². The zero-order valence-electron chi connectivity index (χ0n) is 19.2. The number of halogens is 1. The van der Waals surface area contributed by atoms with Crippen molar-refractivity contribution in [3.63, 3.8) is 0 Å². The van der Waals surface area contributed by atoms with Crippen LogP contribution in [-0.2, 0) is 0 Å². The SMILES string of the molecule is CCOc1ccc(N2C(=S)NC(c3ccccc3)C(c3nc(-c4ccc(F)cc4)no3)=C2C)cc1. The molecule has 5 rings (SSSR count). The molecule has 1 unspecified atom stereocenters. The summed E-state index contributed by atoms with van der Waals surface area (Å²) in [5, 5.41) is 8.17. The van der Waals surface area contributed by atoms with E-state index in [0.717, 1.165) is 28.3 Å². The van der Waals surface area contributed by atoms with E-state index in [1.807, 2.05) is 73.3 Å². The number of thiocarbonyl (C=S) groups is 1. The standard InChI is InChI=1S/C27H23FN4O2S/c1-3-33-22-15-13-21(14-16-22)32-17(2)23(24(29-27(32)35)18-7-5-4-6-8-18)26-30-25(31-34-26)19-9-11-20(28)12-10-19/h4-16,24H,3H2,1-2H3,(H,29,35). The lowest BCUT2D eigenvalue weighted by atomic mass is 9.94. The third-order valence-corrected chi connectivity index (χ3v) is 6.08. The van der Waals surface area contributed by atoms with E-state index in [9.17, 15) is 4.39 Å². The summed E-state index contributed by atoms with van der Waals surface area (Å²) < 4.78 is 24.7. The van der Waals surface area contributed by atoms with Crippen LogP contribution in [0.1, 0.15) is 31.3 Å². The molecule has 0 radical (unpaired) electrons. The minimum atomic E-state index is -0.323. The predicted octanol–water partition coefficient (Wildman–Crippen LogP) is 6.14. The summed E-state index contributed by atoms with van der Waals surface area (Å²) in [5.74, 6) is 1.21. The minimum absolute atomic E-state index is 0.288. The Morgan fingerprint density at radius 2 is 1.74 bits per heavy atom. The van der Waals surface area contributed by atoms with Crippen molar-refractivity contribution in [3.05, 3.63) is 102 Å². The first-order chi connectivity index (χ1) is 17.0. The lowest BCUT2D eigenvalue weighted by Crippen LogP contribution is -2.46. The summed E-state index contributed by atoms with van der Waals surface area (Å²) in [5.41, 5.74) is 4.22. The maximum Gasteiger partial charge on any atom is 0.258 e. The van der Waals surface area contributed by atoms with Crippen LogP contribution in [0.2, 0.25) is 0 Å². The Labute approximate surface area is 208 Å². The largest absolute Gasteiger partial charge is 0.494 e. The highest BCUT2D eigenvalue weighted by Crippen LogP contribution is 2.39. The second kappa shape index (κ2) is 9.68. The number of rotatable bonds is 6. The Balaban J connectivity index is 1.61. The molecular formula is C27H23FN4O2S. The minimum Gasteiger partial charge on any atom is -0.494 e. The van der Waals surface area contributed by atoms with Crippen molar-refractivity contribution in [3.8, 4) is 17.1 Å². The highest BCUT2D eigenvalue weighted by molar-refractivity contribution is 7.80. The first-order valence-electron chi connectivity index (χ1n) is 11.2. The van der Waals surface area contributed by atoms with Gasteiger partial charge < -0.3 is 14.6 Å². The van der Waals surface area contributed by atoms with Gasteiger partial charge in [-0.2, -0.15) is 4.98 Å². The Morgan fingerprint density at radius 3 is 2.43 bits per heavy atom. The van der Waals surface area contributed by atoms with Crippen LogP contribution in [-0.4, -0.2) is 21.9 Å². The molecule has 1 N–H and O–H groups in total. The Hall–Kier alpha value is -4.04. The molecule has 35 heavy (non-hydrogen) atoms. The smallest absolute Gasteiger partial charge is 0.258 e. The van der Waals surface area contributed by atoms with Crippen molar-refractivity contribution < 1.29 is 13.7 Å². The number of aromatic nitrogens is 2. The maximum absolute atomic E-state index is 13.4. The van der Waals surface area contributed by atoms with E-state index in [4.69, 9.17) is 21.5 Å². The Morgan fingerprint density at radius 1 is 1.03 bits per heavy atom. The summed E-state index contributed by atoms with van der Waals surface area (Å²) in [4.78, 5) is 6.61. The molecule has 176 valence electrons. The molecule has 0 aliphatic carbocycles. The number of hydrogen-bond donors (Lipinski definition) is 1. The van der Waals surface area contributed by atoms with Crippen molar-refractivity contribution in [2.75, 3.05) is 11.5 Å². The van der Waals surface area contributed by atoms with E-state index >= 15 is 0 Å². The lowest BCUT2D eigenvalue weighted by Gasteiger charge is -2.37. The normalized spacial score (nSPS) is 15.8. The monoisotopic (exact) mass is 486 g/mol. The fourth-order valence-corrected chi connectivity index (χ4v) is 4.49. The van der Waals surface area contributed by atoms with Gasteiger partial charge in [-0.1, -0.05) is 35.5 Å². The fraction of sp³-hybridized carbons (Fsp3) is 0.148. The number of nitrogens with one attached hydrogen (secondary N) is 1. The molecule has 0 saturated heterocycles. The molecule has 8 heteroatoms. The van der Waals surface area contributed by atoms with Gasteiger partial charge in [-0.15, -0.1) is 0 Å². The molecule has 0 amide bonds.